The summed E-state index contributed by atoms with van der Waals surface area (Å²) in [6.07, 6.45) is 1.95. The van der Waals surface area contributed by atoms with Crippen molar-refractivity contribution in [3.63, 3.8) is 0 Å². The summed E-state index contributed by atoms with van der Waals surface area (Å²) in [5.74, 6) is 0. The van der Waals surface area contributed by atoms with Gasteiger partial charge in [-0.25, -0.2) is 0 Å². The highest BCUT2D eigenvalue weighted by Gasteiger charge is 1.70. The summed E-state index contributed by atoms with van der Waals surface area (Å²) in [7, 11) is 0. The van der Waals surface area contributed by atoms with Crippen LogP contribution in [0.15, 0.2) is 11.1 Å². The van der Waals surface area contributed by atoms with E-state index in [0.29, 0.717) is 11.3 Å². The third-order valence-electron chi connectivity index (χ3n) is 0.298. The Kier molecular flexibility index (Phi) is 2.77. The highest BCUT2D eigenvalue weighted by molar-refractivity contribution is 6.30. The standard InChI is InChI=1S/C4H5ClO/c1-4(5)2-3-6/h2-3H,1H3/b4-2+. The van der Waals surface area contributed by atoms with E-state index in [1.807, 2.05) is 0 Å². The zero-order chi connectivity index (χ0) is 4.99. The number of allylic oxidation sites excluding steroid dienone is 2. The highest BCUT2D eigenvalue weighted by atomic mass is 35.5. The van der Waals surface area contributed by atoms with Gasteiger partial charge in [-0.1, -0.05) is 11.6 Å². The van der Waals surface area contributed by atoms with Crippen LogP contribution in [0.2, 0.25) is 0 Å². The minimum Gasteiger partial charge on any atom is -0.299 e. The van der Waals surface area contributed by atoms with Crippen LogP contribution in [-0.2, 0) is 4.79 Å². The van der Waals surface area contributed by atoms with Gasteiger partial charge in [0.25, 0.3) is 0 Å². The first kappa shape index (κ1) is 5.70. The van der Waals surface area contributed by atoms with E-state index in [1.54, 1.807) is 6.92 Å². The van der Waals surface area contributed by atoms with Gasteiger partial charge in [0, 0.05) is 5.03 Å². The van der Waals surface area contributed by atoms with Gasteiger partial charge in [0.05, 0.1) is 0 Å². The van der Waals surface area contributed by atoms with Crippen molar-refractivity contribution in [3.05, 3.63) is 11.1 Å². The van der Waals surface area contributed by atoms with Crippen molar-refractivity contribution < 1.29 is 4.79 Å². The predicted octanol–water partition coefficient (Wildman–Crippen LogP) is 1.33. The molecule has 0 N–H and O–H groups in total. The summed E-state index contributed by atoms with van der Waals surface area (Å²) in [6.45, 7) is 1.65. The van der Waals surface area contributed by atoms with E-state index >= 15 is 0 Å². The molecule has 2 heteroatoms. The maximum Gasteiger partial charge on any atom is 0.143 e. The third kappa shape index (κ3) is 3.70. The van der Waals surface area contributed by atoms with Gasteiger partial charge in [0.1, 0.15) is 6.29 Å². The van der Waals surface area contributed by atoms with Gasteiger partial charge in [0.2, 0.25) is 0 Å². The number of carbonyl (C=O) groups is 1. The summed E-state index contributed by atoms with van der Waals surface area (Å²) < 4.78 is 0. The maximum atomic E-state index is 9.45. The minimum atomic E-state index is 0.519. The molecule has 0 aliphatic carbocycles. The van der Waals surface area contributed by atoms with Gasteiger partial charge in [-0.05, 0) is 13.0 Å². The summed E-state index contributed by atoms with van der Waals surface area (Å²) in [4.78, 5) is 9.45. The molecular weight excluding hydrogens is 99.5 g/mol. The molecule has 1 nitrogen and oxygen atoms in total. The molecule has 0 rings (SSSR count). The third-order valence-corrected chi connectivity index (χ3v) is 0.424. The number of hydrogen-bond donors (Lipinski definition) is 0. The molecule has 34 valence electrons. The second-order valence-electron chi connectivity index (χ2n) is 0.890. The van der Waals surface area contributed by atoms with Gasteiger partial charge in [0.15, 0.2) is 0 Å². The van der Waals surface area contributed by atoms with Crippen LogP contribution in [0, 0.1) is 0 Å². The van der Waals surface area contributed by atoms with E-state index in [2.05, 4.69) is 0 Å². The van der Waals surface area contributed by atoms with Crippen LogP contribution in [-0.4, -0.2) is 6.29 Å². The van der Waals surface area contributed by atoms with E-state index in [1.165, 1.54) is 6.08 Å². The second kappa shape index (κ2) is 2.91. The van der Waals surface area contributed by atoms with Crippen LogP contribution in [0.1, 0.15) is 6.92 Å². The Labute approximate surface area is 41.6 Å². The van der Waals surface area contributed by atoms with Crippen molar-refractivity contribution in [3.8, 4) is 0 Å². The summed E-state index contributed by atoms with van der Waals surface area (Å²) in [5.41, 5.74) is 0. The minimum absolute atomic E-state index is 0.519. The quantitative estimate of drug-likeness (QED) is 0.362. The predicted molar refractivity (Wildman–Crippen MR) is 25.7 cm³/mol. The fraction of sp³-hybridized carbons (Fsp3) is 0.250. The largest absolute Gasteiger partial charge is 0.299 e. The first-order chi connectivity index (χ1) is 2.77. The molecular formula is C4H5ClO. The molecule has 0 heterocycles. The van der Waals surface area contributed by atoms with Crippen LogP contribution in [0.25, 0.3) is 0 Å². The number of carbonyl (C=O) groups excluding carboxylic acids is 1. The Bertz CT molecular complexity index is 71.6. The fourth-order valence-corrected chi connectivity index (χ4v) is 0.145. The lowest BCUT2D eigenvalue weighted by molar-refractivity contribution is -0.104. The van der Waals surface area contributed by atoms with Crippen molar-refractivity contribution in [2.45, 2.75) is 6.92 Å². The van der Waals surface area contributed by atoms with E-state index in [4.69, 9.17) is 11.6 Å². The average molecular weight is 105 g/mol. The number of halogens is 1. The first-order valence-electron chi connectivity index (χ1n) is 1.55. The van der Waals surface area contributed by atoms with Gasteiger partial charge in [-0.15, -0.1) is 0 Å². The molecule has 6 heavy (non-hydrogen) atoms. The molecule has 0 atom stereocenters. The topological polar surface area (TPSA) is 17.1 Å². The number of rotatable bonds is 1. The Hall–Kier alpha value is -0.300. The average Bonchev–Trinajstić information content (AvgIpc) is 1.35. The van der Waals surface area contributed by atoms with Crippen molar-refractivity contribution in [2.24, 2.45) is 0 Å². The zero-order valence-corrected chi connectivity index (χ0v) is 4.20. The van der Waals surface area contributed by atoms with E-state index in [0.717, 1.165) is 0 Å². The van der Waals surface area contributed by atoms with Crippen molar-refractivity contribution in [1.29, 1.82) is 0 Å². The molecule has 0 amide bonds. The molecule has 0 aliphatic heterocycles. The Balaban J connectivity index is 3.41. The molecule has 0 bridgehead atoms. The fourth-order valence-electron chi connectivity index (χ4n) is 0.0938. The molecule has 0 aromatic heterocycles. The van der Waals surface area contributed by atoms with Gasteiger partial charge in [-0.2, -0.15) is 0 Å². The molecule has 0 unspecified atom stereocenters. The smallest absolute Gasteiger partial charge is 0.143 e. The molecule has 0 fully saturated rings. The molecule has 0 aliphatic rings. The van der Waals surface area contributed by atoms with Crippen LogP contribution in [0.3, 0.4) is 0 Å². The number of aldehydes is 1. The van der Waals surface area contributed by atoms with Crippen molar-refractivity contribution in [2.75, 3.05) is 0 Å². The molecule has 0 spiro atoms. The maximum absolute atomic E-state index is 9.45. The van der Waals surface area contributed by atoms with E-state index in [-0.39, 0.29) is 0 Å². The SMILES string of the molecule is C/C(Cl)=C\C=O. The summed E-state index contributed by atoms with van der Waals surface area (Å²) >= 11 is 5.21. The van der Waals surface area contributed by atoms with Crippen molar-refractivity contribution >= 4 is 17.9 Å². The zero-order valence-electron chi connectivity index (χ0n) is 3.44. The molecule has 0 saturated heterocycles. The van der Waals surface area contributed by atoms with E-state index in [9.17, 15) is 4.79 Å². The molecule has 0 radical (unpaired) electrons. The van der Waals surface area contributed by atoms with Crippen LogP contribution >= 0.6 is 11.6 Å². The molecule has 0 aromatic carbocycles. The Morgan fingerprint density at radius 3 is 2.33 bits per heavy atom. The highest BCUT2D eigenvalue weighted by Crippen LogP contribution is 1.93. The van der Waals surface area contributed by atoms with Gasteiger partial charge < -0.3 is 0 Å². The van der Waals surface area contributed by atoms with E-state index < -0.39 is 0 Å². The van der Waals surface area contributed by atoms with Crippen LogP contribution < -0.4 is 0 Å². The normalized spacial score (nSPS) is 11.3. The van der Waals surface area contributed by atoms with Crippen LogP contribution in [0.4, 0.5) is 0 Å². The van der Waals surface area contributed by atoms with Gasteiger partial charge >= 0.3 is 0 Å². The monoisotopic (exact) mass is 104 g/mol. The first-order valence-corrected chi connectivity index (χ1v) is 1.92. The lowest BCUT2D eigenvalue weighted by Gasteiger charge is -1.70. The van der Waals surface area contributed by atoms with Gasteiger partial charge in [-0.3, -0.25) is 4.79 Å². The Morgan fingerprint density at radius 2 is 2.33 bits per heavy atom. The Morgan fingerprint density at radius 1 is 1.83 bits per heavy atom. The lowest BCUT2D eigenvalue weighted by Crippen LogP contribution is -1.58. The lowest BCUT2D eigenvalue weighted by atomic mass is 10.6. The second-order valence-corrected chi connectivity index (χ2v) is 1.49. The number of hydrogen-bond acceptors (Lipinski definition) is 1. The van der Waals surface area contributed by atoms with Crippen LogP contribution in [0.5, 0.6) is 0 Å². The van der Waals surface area contributed by atoms with Crippen molar-refractivity contribution in [1.82, 2.24) is 0 Å². The molecule has 0 saturated carbocycles. The summed E-state index contributed by atoms with van der Waals surface area (Å²) in [5, 5.41) is 0.519. The summed E-state index contributed by atoms with van der Waals surface area (Å²) in [6, 6.07) is 0. The molecule has 0 aromatic rings.